The van der Waals surface area contributed by atoms with Crippen LogP contribution in [0.15, 0.2) is 211 Å². The van der Waals surface area contributed by atoms with Crippen molar-refractivity contribution in [2.24, 2.45) is 4.99 Å². The van der Waals surface area contributed by atoms with Crippen molar-refractivity contribution in [2.75, 3.05) is 0 Å². The molecule has 0 amide bonds. The molecular weight excluding hydrogens is 818 g/mol. The molecule has 0 radical (unpaired) electrons. The summed E-state index contributed by atoms with van der Waals surface area (Å²) in [5.74, 6) is 0. The molecule has 8 aromatic carbocycles. The Morgan fingerprint density at radius 1 is 0.466 bits per heavy atom. The second-order valence-corrected chi connectivity index (χ2v) is 17.3. The van der Waals surface area contributed by atoms with E-state index in [4.69, 9.17) is 4.99 Å². The van der Waals surface area contributed by atoms with Crippen molar-refractivity contribution in [2.45, 2.75) is 17.3 Å². The second kappa shape index (κ2) is 14.8. The summed E-state index contributed by atoms with van der Waals surface area (Å²) in [5, 5.41) is 4.92. The third kappa shape index (κ3) is 6.44. The normalized spacial score (nSPS) is 13.4. The van der Waals surface area contributed by atoms with E-state index in [0.29, 0.717) is 0 Å². The van der Waals surface area contributed by atoms with E-state index in [1.54, 1.807) is 0 Å². The summed E-state index contributed by atoms with van der Waals surface area (Å²) in [7, 11) is 0. The number of nitrogens with zero attached hydrogens (tertiary/aromatic N) is 3. The molecular formula is C54H40IN3. The molecule has 0 aliphatic heterocycles. The molecule has 0 spiro atoms. The lowest BCUT2D eigenvalue weighted by molar-refractivity contribution is 0.926. The molecule has 4 heteroatoms. The molecule has 3 nitrogen and oxygen atoms in total. The minimum atomic E-state index is -0.390. The standard InChI is InChI=1S/C54H40IN3/c1-37(38-17-5-3-6-18-38)56-49(36-54(2,55)42-31-29-40(30-32-42)39-19-7-4-8-20-39)41-33-43(57-50-25-13-9-21-45(50)46-22-10-14-26-51(46)57)35-44(34-41)58-52-27-15-11-23-47(52)48-24-12-16-28-53(48)58/h3-36H,1-2H3/b49-36-,56-37?. The van der Waals surface area contributed by atoms with Crippen molar-refractivity contribution in [3.63, 3.8) is 0 Å². The van der Waals surface area contributed by atoms with Gasteiger partial charge in [0.15, 0.2) is 0 Å². The molecule has 0 N–H and O–H groups in total. The van der Waals surface area contributed by atoms with Crippen LogP contribution in [0.2, 0.25) is 0 Å². The summed E-state index contributed by atoms with van der Waals surface area (Å²) in [4.78, 5) is 5.54. The number of aromatic nitrogens is 2. The number of aliphatic imine (C=N–C) groups is 1. The minimum absolute atomic E-state index is 0.390. The average molecular weight is 858 g/mol. The highest BCUT2D eigenvalue weighted by Crippen LogP contribution is 2.41. The highest BCUT2D eigenvalue weighted by Gasteiger charge is 2.24. The lowest BCUT2D eigenvalue weighted by atomic mass is 9.95. The van der Waals surface area contributed by atoms with Crippen molar-refractivity contribution in [3.8, 4) is 22.5 Å². The van der Waals surface area contributed by atoms with E-state index in [2.05, 4.69) is 252 Å². The number of fused-ring (bicyclic) bond motifs is 6. The van der Waals surface area contributed by atoms with Crippen molar-refractivity contribution < 1.29 is 0 Å². The number of allylic oxidation sites excluding steroid dienone is 1. The summed E-state index contributed by atoms with van der Waals surface area (Å²) >= 11 is 2.60. The van der Waals surface area contributed by atoms with Crippen LogP contribution < -0.4 is 0 Å². The molecule has 0 fully saturated rings. The van der Waals surface area contributed by atoms with Gasteiger partial charge in [-0.2, -0.15) is 0 Å². The van der Waals surface area contributed by atoms with Crippen molar-refractivity contribution in [3.05, 3.63) is 223 Å². The molecule has 2 heterocycles. The van der Waals surface area contributed by atoms with E-state index in [-0.39, 0.29) is 0 Å². The molecule has 0 saturated carbocycles. The number of rotatable bonds is 8. The Morgan fingerprint density at radius 2 is 0.862 bits per heavy atom. The van der Waals surface area contributed by atoms with Crippen LogP contribution >= 0.6 is 22.6 Å². The summed E-state index contributed by atoms with van der Waals surface area (Å²) in [6.45, 7) is 4.40. The fraction of sp³-hybridized carbons (Fsp3) is 0.0556. The van der Waals surface area contributed by atoms with Gasteiger partial charge in [-0.25, -0.2) is 0 Å². The van der Waals surface area contributed by atoms with Gasteiger partial charge >= 0.3 is 0 Å². The lowest BCUT2D eigenvalue weighted by Gasteiger charge is -2.22. The first-order valence-corrected chi connectivity index (χ1v) is 20.8. The largest absolute Gasteiger partial charge is 0.309 e. The van der Waals surface area contributed by atoms with Crippen LogP contribution in [0.3, 0.4) is 0 Å². The van der Waals surface area contributed by atoms with Crippen LogP contribution in [0, 0.1) is 0 Å². The van der Waals surface area contributed by atoms with E-state index < -0.39 is 3.42 Å². The number of benzene rings is 8. The minimum Gasteiger partial charge on any atom is -0.309 e. The Bertz CT molecular complexity index is 2950. The second-order valence-electron chi connectivity index (χ2n) is 15.1. The Kier molecular flexibility index (Phi) is 9.14. The van der Waals surface area contributed by atoms with Gasteiger partial charge in [-0.05, 0) is 84.6 Å². The van der Waals surface area contributed by atoms with Gasteiger partial charge in [0, 0.05) is 44.2 Å². The third-order valence-corrected chi connectivity index (χ3v) is 12.3. The predicted octanol–water partition coefficient (Wildman–Crippen LogP) is 14.7. The zero-order valence-corrected chi connectivity index (χ0v) is 34.5. The van der Waals surface area contributed by atoms with Crippen LogP contribution in [0.25, 0.3) is 71.8 Å². The zero-order chi connectivity index (χ0) is 39.2. The van der Waals surface area contributed by atoms with E-state index in [1.165, 1.54) is 60.3 Å². The van der Waals surface area contributed by atoms with Crippen LogP contribution in [0.4, 0.5) is 0 Å². The topological polar surface area (TPSA) is 22.2 Å². The highest BCUT2D eigenvalue weighted by atomic mass is 127. The van der Waals surface area contributed by atoms with Crippen LogP contribution in [-0.2, 0) is 3.42 Å². The molecule has 10 rings (SSSR count). The number of hydrogen-bond donors (Lipinski definition) is 0. The number of alkyl halides is 1. The summed E-state index contributed by atoms with van der Waals surface area (Å²) in [5.41, 5.74) is 14.4. The maximum Gasteiger partial charge on any atom is 0.0683 e. The lowest BCUT2D eigenvalue weighted by Crippen LogP contribution is -2.10. The molecule has 0 saturated heterocycles. The molecule has 0 aliphatic rings. The Hall–Kier alpha value is -6.50. The first kappa shape index (κ1) is 35.9. The molecule has 1 unspecified atom stereocenters. The SMILES string of the molecule is CC(=N/C(=C\C(C)(I)c1ccc(-c2ccccc2)cc1)c1cc(-n2c3ccccc3c3ccccc32)cc(-n2c3ccccc3c3ccccc32)c1)c1ccccc1. The van der Waals surface area contributed by atoms with Crippen LogP contribution in [-0.4, -0.2) is 14.8 Å². The van der Waals surface area contributed by atoms with E-state index in [1.807, 2.05) is 0 Å². The summed E-state index contributed by atoms with van der Waals surface area (Å²) in [6.07, 6.45) is 2.35. The van der Waals surface area contributed by atoms with Crippen molar-refractivity contribution in [1.82, 2.24) is 9.13 Å². The van der Waals surface area contributed by atoms with Crippen LogP contribution in [0.1, 0.15) is 30.5 Å². The third-order valence-electron chi connectivity index (χ3n) is 11.3. The Labute approximate surface area is 352 Å². The monoisotopic (exact) mass is 857 g/mol. The predicted molar refractivity (Wildman–Crippen MR) is 255 cm³/mol. The molecule has 58 heavy (non-hydrogen) atoms. The van der Waals surface area contributed by atoms with Crippen molar-refractivity contribution in [1.29, 1.82) is 0 Å². The van der Waals surface area contributed by atoms with E-state index in [0.717, 1.165) is 33.9 Å². The molecule has 2 aromatic heterocycles. The Balaban J connectivity index is 1.25. The van der Waals surface area contributed by atoms with Gasteiger partial charge < -0.3 is 9.13 Å². The van der Waals surface area contributed by atoms with E-state index >= 15 is 0 Å². The maximum atomic E-state index is 5.54. The fourth-order valence-electron chi connectivity index (χ4n) is 8.47. The van der Waals surface area contributed by atoms with Gasteiger partial charge in [-0.15, -0.1) is 0 Å². The smallest absolute Gasteiger partial charge is 0.0683 e. The number of halogens is 1. The number of para-hydroxylation sites is 4. The van der Waals surface area contributed by atoms with Gasteiger partial charge in [0.05, 0.1) is 31.2 Å². The molecule has 10 aromatic rings. The average Bonchev–Trinajstić information content (AvgIpc) is 3.80. The molecule has 1 atom stereocenters. The quantitative estimate of drug-likeness (QED) is 0.0825. The maximum absolute atomic E-state index is 5.54. The molecule has 0 aliphatic carbocycles. The van der Waals surface area contributed by atoms with Gasteiger partial charge in [0.25, 0.3) is 0 Å². The highest BCUT2D eigenvalue weighted by molar-refractivity contribution is 14.1. The van der Waals surface area contributed by atoms with Gasteiger partial charge in [-0.3, -0.25) is 4.99 Å². The molecule has 278 valence electrons. The van der Waals surface area contributed by atoms with E-state index in [9.17, 15) is 0 Å². The fourth-order valence-corrected chi connectivity index (χ4v) is 9.12. The van der Waals surface area contributed by atoms with Crippen LogP contribution in [0.5, 0.6) is 0 Å². The van der Waals surface area contributed by atoms with Gasteiger partial charge in [0.2, 0.25) is 0 Å². The summed E-state index contributed by atoms with van der Waals surface area (Å²) in [6, 6.07) is 72.0. The first-order chi connectivity index (χ1) is 28.4. The summed E-state index contributed by atoms with van der Waals surface area (Å²) < 4.78 is 4.45. The number of hydrogen-bond acceptors (Lipinski definition) is 1. The van der Waals surface area contributed by atoms with Gasteiger partial charge in [-0.1, -0.05) is 180 Å². The molecule has 0 bridgehead atoms. The Morgan fingerprint density at radius 3 is 1.33 bits per heavy atom. The van der Waals surface area contributed by atoms with Crippen molar-refractivity contribution >= 4 is 77.6 Å². The van der Waals surface area contributed by atoms with Gasteiger partial charge in [0.1, 0.15) is 0 Å². The first-order valence-electron chi connectivity index (χ1n) is 19.7. The zero-order valence-electron chi connectivity index (χ0n) is 32.3.